The van der Waals surface area contributed by atoms with Crippen molar-refractivity contribution in [3.05, 3.63) is 24.6 Å². The summed E-state index contributed by atoms with van der Waals surface area (Å²) in [6, 6.07) is 2.17. The zero-order chi connectivity index (χ0) is 28.8. The molecule has 0 unspecified atom stereocenters. The summed E-state index contributed by atoms with van der Waals surface area (Å²) in [6.07, 6.45) is 0.579. The second-order valence-corrected chi connectivity index (χ2v) is 38.0. The molecule has 0 amide bonds. The topological polar surface area (TPSA) is 35.5 Å². The van der Waals surface area contributed by atoms with Crippen LogP contribution in [0, 0.1) is 0 Å². The van der Waals surface area contributed by atoms with Gasteiger partial charge in [-0.1, -0.05) is 108 Å². The van der Waals surface area contributed by atoms with E-state index in [-0.39, 0.29) is 18.6 Å². The van der Waals surface area contributed by atoms with Crippen molar-refractivity contribution in [1.29, 1.82) is 0 Å². The largest absolute Gasteiger partial charge is 0.507 e. The molecule has 0 aromatic rings. The Kier molecular flexibility index (Phi) is 13.4. The number of carbonyl (C=O) groups excluding carboxylic acids is 1. The highest BCUT2D eigenvalue weighted by molar-refractivity contribution is 6.95. The van der Waals surface area contributed by atoms with Gasteiger partial charge in [0.1, 0.15) is 0 Å². The average Bonchev–Trinajstić information content (AvgIpc) is 2.72. The summed E-state index contributed by atoms with van der Waals surface area (Å²) in [5.41, 5.74) is 4.44. The van der Waals surface area contributed by atoms with Crippen molar-refractivity contribution in [3.63, 3.8) is 0 Å². The molecule has 0 N–H and O–H groups in total. The first kappa shape index (κ1) is 36.1. The van der Waals surface area contributed by atoms with Gasteiger partial charge in [0.05, 0.1) is 46.2 Å². The molecule has 0 aliphatic heterocycles. The van der Waals surface area contributed by atoms with Crippen LogP contribution in [0.15, 0.2) is 24.6 Å². The van der Waals surface area contributed by atoms with Gasteiger partial charge in [0.15, 0.2) is 0 Å². The number of hydrogen-bond donors (Lipinski definition) is 0. The molecule has 0 atom stereocenters. The third kappa shape index (κ3) is 9.66. The Morgan fingerprint density at radius 1 is 0.722 bits per heavy atom. The van der Waals surface area contributed by atoms with Crippen molar-refractivity contribution in [3.8, 4) is 0 Å². The SMILES string of the molecule is C=C[Si](C)(C)C(C)(C)[Si]C(C)(C)[Si](CC)COC(=O)OC[Si](CC)C(C)(C)[Si]C(C)(C)[Si](C)(C)C=C. The molecular formula is C27H56O3Si6. The fourth-order valence-electron chi connectivity index (χ4n) is 4.35. The summed E-state index contributed by atoms with van der Waals surface area (Å²) in [7, 11) is -3.21. The Morgan fingerprint density at radius 2 is 1.00 bits per heavy atom. The molecule has 0 aromatic heterocycles. The molecule has 0 heterocycles. The van der Waals surface area contributed by atoms with Crippen molar-refractivity contribution >= 4 is 58.9 Å². The van der Waals surface area contributed by atoms with Crippen molar-refractivity contribution < 1.29 is 14.3 Å². The molecule has 3 nitrogen and oxygen atoms in total. The number of hydrogen-bond acceptors (Lipinski definition) is 3. The van der Waals surface area contributed by atoms with E-state index in [4.69, 9.17) is 9.47 Å². The maximum atomic E-state index is 12.7. The fraction of sp³-hybridized carbons (Fsp3) is 0.815. The van der Waals surface area contributed by atoms with Gasteiger partial charge in [-0.05, 0) is 18.6 Å². The van der Waals surface area contributed by atoms with Crippen molar-refractivity contribution in [2.24, 2.45) is 0 Å². The van der Waals surface area contributed by atoms with Gasteiger partial charge in [-0.25, -0.2) is 4.79 Å². The maximum absolute atomic E-state index is 12.7. The van der Waals surface area contributed by atoms with E-state index in [2.05, 4.69) is 120 Å². The number of rotatable bonds is 16. The third-order valence-corrected chi connectivity index (χ3v) is 33.5. The minimum atomic E-state index is -1.54. The first-order valence-electron chi connectivity index (χ1n) is 13.4. The van der Waals surface area contributed by atoms with Crippen LogP contribution in [-0.4, -0.2) is 71.4 Å². The highest BCUT2D eigenvalue weighted by Gasteiger charge is 2.45. The Bertz CT molecular complexity index is 684. The molecule has 9 heteroatoms. The lowest BCUT2D eigenvalue weighted by atomic mass is 10.5. The average molecular weight is 597 g/mol. The molecule has 36 heavy (non-hydrogen) atoms. The minimum absolute atomic E-state index is 0.186. The van der Waals surface area contributed by atoms with E-state index in [1.807, 2.05) is 0 Å². The van der Waals surface area contributed by atoms with Gasteiger partial charge >= 0.3 is 6.16 Å². The van der Waals surface area contributed by atoms with E-state index >= 15 is 0 Å². The zero-order valence-electron chi connectivity index (χ0n) is 26.1. The molecule has 206 valence electrons. The molecule has 0 rings (SSSR count). The molecule has 0 saturated carbocycles. The molecule has 0 fully saturated rings. The first-order chi connectivity index (χ1) is 16.1. The minimum Gasteiger partial charge on any atom is -0.438 e. The molecule has 6 radical (unpaired) electrons. The van der Waals surface area contributed by atoms with Crippen LogP contribution in [0.5, 0.6) is 0 Å². The van der Waals surface area contributed by atoms with Gasteiger partial charge < -0.3 is 9.47 Å². The van der Waals surface area contributed by atoms with Gasteiger partial charge in [-0.3, -0.25) is 0 Å². The summed E-state index contributed by atoms with van der Waals surface area (Å²) in [5.74, 6) is 0. The molecule has 0 aliphatic carbocycles. The highest BCUT2D eigenvalue weighted by atomic mass is 28.4. The van der Waals surface area contributed by atoms with E-state index in [1.54, 1.807) is 0 Å². The standard InChI is InChI=1S/C27H56O3Si6/c1-17-33(24(5,6)31-26(9,10)35(13,14)19-3)21-29-23(28)30-22-34(18-2)25(7,8)32-27(11,12)36(15,16)20-4/h19-20H,3-4,17-18,21-22H2,1-2,5-16H3. The zero-order valence-corrected chi connectivity index (χ0v) is 32.1. The summed E-state index contributed by atoms with van der Waals surface area (Å²) in [5, 5.41) is 0. The molecule has 0 aromatic carbocycles. The second kappa shape index (κ2) is 13.4. The first-order valence-corrected chi connectivity index (χ1v) is 25.4. The van der Waals surface area contributed by atoms with Crippen LogP contribution in [0.2, 0.25) is 56.9 Å². The van der Waals surface area contributed by atoms with Crippen LogP contribution in [0.25, 0.3) is 0 Å². The smallest absolute Gasteiger partial charge is 0.438 e. The summed E-state index contributed by atoms with van der Waals surface area (Å²) in [6.45, 7) is 41.5. The van der Waals surface area contributed by atoms with Crippen LogP contribution < -0.4 is 0 Å². The predicted molar refractivity (Wildman–Crippen MR) is 173 cm³/mol. The van der Waals surface area contributed by atoms with Gasteiger partial charge in [0.25, 0.3) is 0 Å². The molecular weight excluding hydrogens is 541 g/mol. The van der Waals surface area contributed by atoms with Crippen molar-refractivity contribution in [1.82, 2.24) is 0 Å². The van der Waals surface area contributed by atoms with E-state index in [1.165, 1.54) is 0 Å². The lowest BCUT2D eigenvalue weighted by Crippen LogP contribution is -2.49. The fourth-order valence-corrected chi connectivity index (χ4v) is 22.6. The van der Waals surface area contributed by atoms with E-state index in [9.17, 15) is 4.79 Å². The molecule has 0 bridgehead atoms. The van der Waals surface area contributed by atoms with E-state index < -0.39 is 39.9 Å². The van der Waals surface area contributed by atoms with Crippen LogP contribution in [-0.2, 0) is 9.47 Å². The Morgan fingerprint density at radius 3 is 1.22 bits per heavy atom. The number of ether oxygens (including phenoxy) is 2. The number of carbonyl (C=O) groups is 1. The van der Waals surface area contributed by atoms with Gasteiger partial charge in [0.2, 0.25) is 0 Å². The quantitative estimate of drug-likeness (QED) is 0.132. The van der Waals surface area contributed by atoms with E-state index in [0.717, 1.165) is 31.1 Å². The summed E-state index contributed by atoms with van der Waals surface area (Å²) >= 11 is 0. The second-order valence-electron chi connectivity index (χ2n) is 13.3. The Labute approximate surface area is 235 Å². The molecule has 0 saturated heterocycles. The maximum Gasteiger partial charge on any atom is 0.507 e. The van der Waals surface area contributed by atoms with Crippen LogP contribution in [0.3, 0.4) is 0 Å². The van der Waals surface area contributed by atoms with Crippen molar-refractivity contribution in [2.75, 3.05) is 12.5 Å². The van der Waals surface area contributed by atoms with Gasteiger partial charge in [-0.2, -0.15) is 0 Å². The predicted octanol–water partition coefficient (Wildman–Crippen LogP) is 8.47. The van der Waals surface area contributed by atoms with E-state index in [0.29, 0.717) is 12.5 Å². The van der Waals surface area contributed by atoms with Gasteiger partial charge in [0, 0.05) is 19.0 Å². The molecule has 0 aliphatic rings. The lowest BCUT2D eigenvalue weighted by Gasteiger charge is -2.45. The molecule has 0 spiro atoms. The van der Waals surface area contributed by atoms with Crippen LogP contribution >= 0.6 is 0 Å². The summed E-state index contributed by atoms with van der Waals surface area (Å²) in [4.78, 5) is 12.7. The highest BCUT2D eigenvalue weighted by Crippen LogP contribution is 2.46. The third-order valence-electron chi connectivity index (χ3n) is 8.84. The monoisotopic (exact) mass is 596 g/mol. The Balaban J connectivity index is 5.18. The van der Waals surface area contributed by atoms with Crippen LogP contribution in [0.4, 0.5) is 4.79 Å². The van der Waals surface area contributed by atoms with Crippen LogP contribution in [0.1, 0.15) is 69.2 Å². The Hall–Kier alpha value is 0.0513. The summed E-state index contributed by atoms with van der Waals surface area (Å²) < 4.78 is 12.5. The normalized spacial score (nSPS) is 14.2. The lowest BCUT2D eigenvalue weighted by molar-refractivity contribution is 0.0783. The van der Waals surface area contributed by atoms with Gasteiger partial charge in [-0.15, -0.1) is 24.6 Å². The van der Waals surface area contributed by atoms with Crippen molar-refractivity contribution in [2.45, 2.75) is 126 Å².